The van der Waals surface area contributed by atoms with Crippen molar-refractivity contribution < 1.29 is 14.7 Å². The van der Waals surface area contributed by atoms with Gasteiger partial charge in [-0.05, 0) is 30.5 Å². The van der Waals surface area contributed by atoms with Crippen LogP contribution >= 0.6 is 0 Å². The van der Waals surface area contributed by atoms with Crippen LogP contribution in [0.25, 0.3) is 11.0 Å². The molecule has 2 amide bonds. The molecule has 0 radical (unpaired) electrons. The molecule has 0 aliphatic carbocycles. The van der Waals surface area contributed by atoms with Gasteiger partial charge in [0, 0.05) is 19.5 Å². The largest absolute Gasteiger partial charge is 0.481 e. The monoisotopic (exact) mass is 380 g/mol. The van der Waals surface area contributed by atoms with Crippen molar-refractivity contribution in [3.63, 3.8) is 0 Å². The standard InChI is InChI=1S/C21H24N4O3/c1-25-18-10-6-5-9-17(18)24-19(25)14-22-21(28)23-16(11-12-20(26)27)13-15-7-3-2-4-8-15/h2-10,16H,11-14H2,1H3,(H,26,27)(H2,22,23,28). The zero-order chi connectivity index (χ0) is 19.9. The second-order valence-corrected chi connectivity index (χ2v) is 6.72. The fraction of sp³-hybridized carbons (Fsp3) is 0.286. The number of aliphatic carboxylic acids is 1. The minimum absolute atomic E-state index is 0.00252. The molecule has 0 fully saturated rings. The number of hydrogen-bond donors (Lipinski definition) is 3. The van der Waals surface area contributed by atoms with Crippen molar-refractivity contribution in [3.05, 3.63) is 66.0 Å². The van der Waals surface area contributed by atoms with Gasteiger partial charge in [-0.1, -0.05) is 42.5 Å². The maximum absolute atomic E-state index is 12.4. The molecule has 1 aromatic heterocycles. The van der Waals surface area contributed by atoms with E-state index in [1.807, 2.05) is 66.2 Å². The highest BCUT2D eigenvalue weighted by Crippen LogP contribution is 2.14. The Bertz CT molecular complexity index is 953. The van der Waals surface area contributed by atoms with E-state index in [0.29, 0.717) is 12.8 Å². The van der Waals surface area contributed by atoms with Crippen molar-refractivity contribution in [2.45, 2.75) is 31.8 Å². The van der Waals surface area contributed by atoms with Gasteiger partial charge in [-0.15, -0.1) is 0 Å². The van der Waals surface area contributed by atoms with Gasteiger partial charge in [0.15, 0.2) is 0 Å². The molecule has 146 valence electrons. The number of carbonyl (C=O) groups excluding carboxylic acids is 1. The highest BCUT2D eigenvalue weighted by molar-refractivity contribution is 5.77. The molecule has 0 saturated carbocycles. The number of amides is 2. The van der Waals surface area contributed by atoms with E-state index in [4.69, 9.17) is 5.11 Å². The van der Waals surface area contributed by atoms with E-state index >= 15 is 0 Å². The van der Waals surface area contributed by atoms with Gasteiger partial charge < -0.3 is 20.3 Å². The molecule has 3 aromatic rings. The number of imidazole rings is 1. The van der Waals surface area contributed by atoms with Gasteiger partial charge in [-0.3, -0.25) is 4.79 Å². The molecule has 7 nitrogen and oxygen atoms in total. The molecule has 3 N–H and O–H groups in total. The Morgan fingerprint density at radius 3 is 2.54 bits per heavy atom. The topological polar surface area (TPSA) is 96.2 Å². The number of aryl methyl sites for hydroxylation is 1. The summed E-state index contributed by atoms with van der Waals surface area (Å²) in [6.07, 6.45) is 0.945. The number of nitrogens with zero attached hydrogens (tertiary/aromatic N) is 2. The number of aromatic nitrogens is 2. The number of hydrogen-bond acceptors (Lipinski definition) is 3. The molecule has 2 aromatic carbocycles. The smallest absolute Gasteiger partial charge is 0.315 e. The van der Waals surface area contributed by atoms with Crippen LogP contribution in [-0.2, 0) is 24.8 Å². The normalized spacial score (nSPS) is 11.9. The molecular formula is C21H24N4O3. The molecule has 1 heterocycles. The Hall–Kier alpha value is -3.35. The van der Waals surface area contributed by atoms with Crippen LogP contribution in [0.1, 0.15) is 24.2 Å². The first kappa shape index (κ1) is 19.4. The van der Waals surface area contributed by atoms with E-state index in [2.05, 4.69) is 15.6 Å². The van der Waals surface area contributed by atoms with Gasteiger partial charge in [-0.2, -0.15) is 0 Å². The average molecular weight is 380 g/mol. The maximum atomic E-state index is 12.4. The lowest BCUT2D eigenvalue weighted by Gasteiger charge is -2.18. The lowest BCUT2D eigenvalue weighted by molar-refractivity contribution is -0.137. The van der Waals surface area contributed by atoms with Crippen LogP contribution in [0, 0.1) is 0 Å². The highest BCUT2D eigenvalue weighted by Gasteiger charge is 2.15. The predicted molar refractivity (Wildman–Crippen MR) is 107 cm³/mol. The Labute approximate surface area is 163 Å². The Kier molecular flexibility index (Phi) is 6.26. The second kappa shape index (κ2) is 9.03. The third-order valence-corrected chi connectivity index (χ3v) is 4.65. The van der Waals surface area contributed by atoms with Crippen molar-refractivity contribution >= 4 is 23.0 Å². The van der Waals surface area contributed by atoms with Crippen molar-refractivity contribution in [2.24, 2.45) is 7.05 Å². The molecule has 0 aliphatic heterocycles. The van der Waals surface area contributed by atoms with Crippen LogP contribution in [0.2, 0.25) is 0 Å². The molecule has 0 aliphatic rings. The van der Waals surface area contributed by atoms with Gasteiger partial charge >= 0.3 is 12.0 Å². The summed E-state index contributed by atoms with van der Waals surface area (Å²) >= 11 is 0. The number of nitrogens with one attached hydrogen (secondary N) is 2. The number of benzene rings is 2. The van der Waals surface area contributed by atoms with Gasteiger partial charge in [0.25, 0.3) is 0 Å². The summed E-state index contributed by atoms with van der Waals surface area (Å²) in [7, 11) is 1.91. The average Bonchev–Trinajstić information content (AvgIpc) is 3.01. The van der Waals surface area contributed by atoms with Crippen molar-refractivity contribution in [3.8, 4) is 0 Å². The van der Waals surface area contributed by atoms with Crippen LogP contribution in [0.4, 0.5) is 4.79 Å². The van der Waals surface area contributed by atoms with E-state index < -0.39 is 5.97 Å². The minimum Gasteiger partial charge on any atom is -0.481 e. The summed E-state index contributed by atoms with van der Waals surface area (Å²) in [5.74, 6) is -0.124. The van der Waals surface area contributed by atoms with Crippen molar-refractivity contribution in [1.82, 2.24) is 20.2 Å². The molecule has 3 rings (SSSR count). The molecule has 0 saturated heterocycles. The van der Waals surface area contributed by atoms with E-state index in [1.165, 1.54) is 0 Å². The van der Waals surface area contributed by atoms with Gasteiger partial charge in [0.2, 0.25) is 0 Å². The number of carbonyl (C=O) groups is 2. The number of urea groups is 1. The molecular weight excluding hydrogens is 356 g/mol. The Balaban J connectivity index is 1.60. The van der Waals surface area contributed by atoms with Crippen LogP contribution in [0.3, 0.4) is 0 Å². The number of para-hydroxylation sites is 2. The summed E-state index contributed by atoms with van der Waals surface area (Å²) in [5, 5.41) is 14.7. The SMILES string of the molecule is Cn1c(CNC(=O)NC(CCC(=O)O)Cc2ccccc2)nc2ccccc21. The lowest BCUT2D eigenvalue weighted by atomic mass is 10.0. The summed E-state index contributed by atoms with van der Waals surface area (Å²) in [5.41, 5.74) is 2.93. The lowest BCUT2D eigenvalue weighted by Crippen LogP contribution is -2.43. The predicted octanol–water partition coefficient (Wildman–Crippen LogP) is 2.85. The van der Waals surface area contributed by atoms with Crippen LogP contribution in [0.15, 0.2) is 54.6 Å². The van der Waals surface area contributed by atoms with Crippen LogP contribution in [0.5, 0.6) is 0 Å². The van der Waals surface area contributed by atoms with E-state index in [0.717, 1.165) is 22.4 Å². The molecule has 0 bridgehead atoms. The summed E-state index contributed by atoms with van der Waals surface area (Å²) in [4.78, 5) is 27.9. The number of fused-ring (bicyclic) bond motifs is 1. The van der Waals surface area contributed by atoms with Crippen molar-refractivity contribution in [1.29, 1.82) is 0 Å². The summed E-state index contributed by atoms with van der Waals surface area (Å²) < 4.78 is 1.95. The highest BCUT2D eigenvalue weighted by atomic mass is 16.4. The summed E-state index contributed by atoms with van der Waals surface area (Å²) in [6, 6.07) is 16.9. The molecule has 0 spiro atoms. The van der Waals surface area contributed by atoms with E-state index in [1.54, 1.807) is 0 Å². The maximum Gasteiger partial charge on any atom is 0.315 e. The zero-order valence-electron chi connectivity index (χ0n) is 15.8. The first-order valence-corrected chi connectivity index (χ1v) is 9.23. The second-order valence-electron chi connectivity index (χ2n) is 6.72. The fourth-order valence-electron chi connectivity index (χ4n) is 3.17. The van der Waals surface area contributed by atoms with Crippen molar-refractivity contribution in [2.75, 3.05) is 0 Å². The third kappa shape index (κ3) is 5.09. The third-order valence-electron chi connectivity index (χ3n) is 4.65. The Morgan fingerprint density at radius 1 is 1.11 bits per heavy atom. The Morgan fingerprint density at radius 2 is 1.82 bits per heavy atom. The quantitative estimate of drug-likeness (QED) is 0.560. The van der Waals surface area contributed by atoms with Gasteiger partial charge in [0.1, 0.15) is 5.82 Å². The van der Waals surface area contributed by atoms with Gasteiger partial charge in [-0.25, -0.2) is 9.78 Å². The fourth-order valence-corrected chi connectivity index (χ4v) is 3.17. The zero-order valence-corrected chi connectivity index (χ0v) is 15.8. The number of carboxylic acids is 1. The van der Waals surface area contributed by atoms with Crippen LogP contribution < -0.4 is 10.6 Å². The number of carboxylic acid groups (broad SMARTS) is 1. The minimum atomic E-state index is -0.875. The first-order valence-electron chi connectivity index (χ1n) is 9.23. The number of rotatable bonds is 8. The van der Waals surface area contributed by atoms with Gasteiger partial charge in [0.05, 0.1) is 17.6 Å². The first-order chi connectivity index (χ1) is 13.5. The molecule has 7 heteroatoms. The summed E-state index contributed by atoms with van der Waals surface area (Å²) in [6.45, 7) is 0.286. The van der Waals surface area contributed by atoms with Crippen LogP contribution in [-0.4, -0.2) is 32.7 Å². The molecule has 1 atom stereocenters. The van der Waals surface area contributed by atoms with E-state index in [-0.39, 0.29) is 25.0 Å². The molecule has 1 unspecified atom stereocenters. The molecule has 28 heavy (non-hydrogen) atoms. The van der Waals surface area contributed by atoms with E-state index in [9.17, 15) is 9.59 Å².